The number of carbonyl (C=O) groups excluding carboxylic acids is 2. The molecule has 7 nitrogen and oxygen atoms in total. The summed E-state index contributed by atoms with van der Waals surface area (Å²) in [7, 11) is 0. The van der Waals surface area contributed by atoms with Crippen LogP contribution in [0.3, 0.4) is 0 Å². The maximum Gasteiger partial charge on any atom is 0.319 e. The Morgan fingerprint density at radius 1 is 1.03 bits per heavy atom. The normalized spacial score (nSPS) is 19.6. The second-order valence-electron chi connectivity index (χ2n) is 9.88. The fourth-order valence-electron chi connectivity index (χ4n) is 4.90. The number of unbranched alkanes of at least 4 members (excludes halogenated alkanes) is 2. The third-order valence-electron chi connectivity index (χ3n) is 7.12. The Labute approximate surface area is 228 Å². The van der Waals surface area contributed by atoms with Crippen molar-refractivity contribution < 1.29 is 9.59 Å². The Bertz CT molecular complexity index is 1140. The molecule has 0 radical (unpaired) electrons. The Morgan fingerprint density at radius 2 is 1.84 bits per heavy atom. The molecule has 1 aliphatic carbocycles. The van der Waals surface area contributed by atoms with E-state index in [4.69, 9.17) is 28.5 Å². The molecule has 0 aromatic heterocycles. The van der Waals surface area contributed by atoms with Crippen molar-refractivity contribution in [1.82, 2.24) is 15.5 Å². The number of piperidine rings is 1. The molecule has 0 unspecified atom stereocenters. The molecule has 2 fully saturated rings. The highest BCUT2D eigenvalue weighted by Crippen LogP contribution is 2.48. The van der Waals surface area contributed by atoms with E-state index in [1.165, 1.54) is 0 Å². The maximum atomic E-state index is 12.4. The van der Waals surface area contributed by atoms with E-state index in [1.54, 1.807) is 30.3 Å². The first-order valence-corrected chi connectivity index (χ1v) is 13.7. The zero-order valence-corrected chi connectivity index (χ0v) is 22.3. The fourth-order valence-corrected chi connectivity index (χ4v) is 5.20. The summed E-state index contributed by atoms with van der Waals surface area (Å²) in [5.41, 5.74) is 2.22. The van der Waals surface area contributed by atoms with Crippen LogP contribution in [0.5, 0.6) is 0 Å². The van der Waals surface area contributed by atoms with Crippen LogP contribution in [-0.4, -0.2) is 49.1 Å². The lowest BCUT2D eigenvalue weighted by Gasteiger charge is -2.32. The third-order valence-corrected chi connectivity index (χ3v) is 7.86. The van der Waals surface area contributed by atoms with E-state index >= 15 is 0 Å². The second kappa shape index (κ2) is 13.1. The molecule has 2 aromatic rings. The summed E-state index contributed by atoms with van der Waals surface area (Å²) >= 11 is 12.1. The zero-order valence-electron chi connectivity index (χ0n) is 20.8. The van der Waals surface area contributed by atoms with E-state index < -0.39 is 0 Å². The molecule has 2 aromatic carbocycles. The average molecular weight is 543 g/mol. The van der Waals surface area contributed by atoms with Crippen LogP contribution in [0.4, 0.5) is 10.5 Å². The number of hydrogen-bond acceptors (Lipinski definition) is 4. The summed E-state index contributed by atoms with van der Waals surface area (Å²) in [5.74, 6) is 0.414. The maximum absolute atomic E-state index is 12.4. The van der Waals surface area contributed by atoms with E-state index in [2.05, 4.69) is 26.9 Å². The van der Waals surface area contributed by atoms with Crippen molar-refractivity contribution >= 4 is 40.8 Å². The van der Waals surface area contributed by atoms with Gasteiger partial charge in [0.05, 0.1) is 21.7 Å². The third kappa shape index (κ3) is 8.10. The summed E-state index contributed by atoms with van der Waals surface area (Å²) in [6.07, 6.45) is 5.85. The van der Waals surface area contributed by atoms with Crippen LogP contribution >= 0.6 is 23.2 Å². The molecular formula is C28H33Cl2N5O2. The van der Waals surface area contributed by atoms with Gasteiger partial charge in [-0.2, -0.15) is 5.26 Å². The van der Waals surface area contributed by atoms with Crippen LogP contribution in [-0.2, 0) is 4.79 Å². The summed E-state index contributed by atoms with van der Waals surface area (Å²) < 4.78 is 0. The molecule has 0 bridgehead atoms. The van der Waals surface area contributed by atoms with E-state index in [-0.39, 0.29) is 29.8 Å². The molecule has 9 heteroatoms. The van der Waals surface area contributed by atoms with Gasteiger partial charge in [-0.3, -0.25) is 4.79 Å². The largest absolute Gasteiger partial charge is 0.356 e. The molecule has 1 heterocycles. The van der Waals surface area contributed by atoms with Crippen molar-refractivity contribution in [3.05, 3.63) is 63.6 Å². The van der Waals surface area contributed by atoms with Crippen LogP contribution < -0.4 is 16.0 Å². The van der Waals surface area contributed by atoms with Gasteiger partial charge in [-0.05, 0) is 80.5 Å². The van der Waals surface area contributed by atoms with Crippen molar-refractivity contribution in [3.63, 3.8) is 0 Å². The molecule has 1 saturated carbocycles. The minimum atomic E-state index is -0.231. The van der Waals surface area contributed by atoms with E-state index in [0.717, 1.165) is 63.7 Å². The number of hydrogen-bond donors (Lipinski definition) is 3. The first-order valence-electron chi connectivity index (χ1n) is 13.0. The highest BCUT2D eigenvalue weighted by molar-refractivity contribution is 6.42. The highest BCUT2D eigenvalue weighted by Gasteiger charge is 2.43. The van der Waals surface area contributed by atoms with Gasteiger partial charge in [0.2, 0.25) is 5.91 Å². The lowest BCUT2D eigenvalue weighted by molar-refractivity contribution is -0.122. The first-order chi connectivity index (χ1) is 17.9. The highest BCUT2D eigenvalue weighted by atomic mass is 35.5. The monoisotopic (exact) mass is 541 g/mol. The summed E-state index contributed by atoms with van der Waals surface area (Å²) in [4.78, 5) is 27.2. The topological polar surface area (TPSA) is 97.3 Å². The molecule has 37 heavy (non-hydrogen) atoms. The van der Waals surface area contributed by atoms with Crippen molar-refractivity contribution in [3.8, 4) is 6.07 Å². The number of urea groups is 1. The number of benzene rings is 2. The smallest absolute Gasteiger partial charge is 0.319 e. The molecule has 4 rings (SSSR count). The fraction of sp³-hybridized carbons (Fsp3) is 0.464. The van der Waals surface area contributed by atoms with Crippen molar-refractivity contribution in [2.75, 3.05) is 31.5 Å². The predicted molar refractivity (Wildman–Crippen MR) is 147 cm³/mol. The average Bonchev–Trinajstić information content (AvgIpc) is 3.70. The molecule has 2 aliphatic rings. The van der Waals surface area contributed by atoms with Gasteiger partial charge < -0.3 is 20.9 Å². The van der Waals surface area contributed by atoms with Crippen LogP contribution in [0.2, 0.25) is 10.0 Å². The molecule has 2 atom stereocenters. The lowest BCUT2D eigenvalue weighted by atomic mass is 10.0. The van der Waals surface area contributed by atoms with Crippen LogP contribution in [0.1, 0.15) is 55.6 Å². The van der Waals surface area contributed by atoms with Gasteiger partial charge in [0.1, 0.15) is 0 Å². The molecule has 3 amide bonds. The van der Waals surface area contributed by atoms with Gasteiger partial charge in [-0.25, -0.2) is 4.79 Å². The molecule has 0 spiro atoms. The van der Waals surface area contributed by atoms with Gasteiger partial charge in [0.15, 0.2) is 0 Å². The number of nitrogens with one attached hydrogen (secondary N) is 3. The van der Waals surface area contributed by atoms with E-state index in [9.17, 15) is 9.59 Å². The zero-order chi connectivity index (χ0) is 26.2. The quantitative estimate of drug-likeness (QED) is 0.344. The lowest BCUT2D eigenvalue weighted by Crippen LogP contribution is -2.46. The Morgan fingerprint density at radius 3 is 2.59 bits per heavy atom. The first kappa shape index (κ1) is 27.3. The van der Waals surface area contributed by atoms with Gasteiger partial charge in [-0.15, -0.1) is 0 Å². The standard InChI is InChI=1S/C28H33Cl2N5O2/c29-25-8-7-20(16-26(25)30)23-17-24(23)27(36)32-11-2-1-3-12-35-13-9-21(10-14-35)33-28(37)34-22-6-4-5-19(15-22)18-31/h4-8,15-16,21,23-24H,1-3,9-14,17H2,(H,32,36)(H2,33,34,37)/t23-,24+/m0/s1. The Kier molecular flexibility index (Phi) is 9.68. The number of nitriles is 1. The second-order valence-corrected chi connectivity index (χ2v) is 10.7. The van der Waals surface area contributed by atoms with Crippen LogP contribution in [0, 0.1) is 17.2 Å². The SMILES string of the molecule is N#Cc1cccc(NC(=O)NC2CCN(CCCCCNC(=O)[C@@H]3C[C@H]3c3ccc(Cl)c(Cl)c3)CC2)c1. The number of anilines is 1. The molecule has 196 valence electrons. The van der Waals surface area contributed by atoms with E-state index in [0.29, 0.717) is 27.8 Å². The number of amides is 3. The molecular weight excluding hydrogens is 509 g/mol. The summed E-state index contributed by atoms with van der Waals surface area (Å²) in [6.45, 7) is 3.67. The Hall–Kier alpha value is -2.79. The van der Waals surface area contributed by atoms with Gasteiger partial charge in [0, 0.05) is 37.3 Å². The van der Waals surface area contributed by atoms with Crippen molar-refractivity contribution in [1.29, 1.82) is 5.26 Å². The molecule has 1 aliphatic heterocycles. The van der Waals surface area contributed by atoms with E-state index in [1.807, 2.05) is 12.1 Å². The number of carbonyl (C=O) groups is 2. The molecule has 3 N–H and O–H groups in total. The molecule has 1 saturated heterocycles. The number of likely N-dealkylation sites (tertiary alicyclic amines) is 1. The summed E-state index contributed by atoms with van der Waals surface area (Å²) in [5, 5.41) is 19.0. The minimum absolute atomic E-state index is 0.0388. The van der Waals surface area contributed by atoms with Crippen LogP contribution in [0.25, 0.3) is 0 Å². The van der Waals surface area contributed by atoms with Crippen molar-refractivity contribution in [2.24, 2.45) is 5.92 Å². The number of nitrogens with zero attached hydrogens (tertiary/aromatic N) is 2. The predicted octanol–water partition coefficient (Wildman–Crippen LogP) is 5.54. The summed E-state index contributed by atoms with van der Waals surface area (Å²) in [6, 6.07) is 14.5. The van der Waals surface area contributed by atoms with Crippen molar-refractivity contribution in [2.45, 2.75) is 50.5 Å². The van der Waals surface area contributed by atoms with Gasteiger partial charge in [0.25, 0.3) is 0 Å². The van der Waals surface area contributed by atoms with Crippen LogP contribution in [0.15, 0.2) is 42.5 Å². The van der Waals surface area contributed by atoms with Gasteiger partial charge >= 0.3 is 6.03 Å². The Balaban J connectivity index is 1.03. The number of rotatable bonds is 10. The minimum Gasteiger partial charge on any atom is -0.356 e. The number of halogens is 2. The van der Waals surface area contributed by atoms with Gasteiger partial charge in [-0.1, -0.05) is 41.8 Å².